The minimum absolute atomic E-state index is 0.0657. The maximum absolute atomic E-state index is 11.7. The first-order valence-electron chi connectivity index (χ1n) is 9.97. The van der Waals surface area contributed by atoms with E-state index in [1.54, 1.807) is 16.7 Å². The lowest BCUT2D eigenvalue weighted by molar-refractivity contribution is 0.585. The van der Waals surface area contributed by atoms with Gasteiger partial charge in [0.05, 0.1) is 6.54 Å². The Morgan fingerprint density at radius 3 is 2.56 bits per heavy atom. The van der Waals surface area contributed by atoms with E-state index in [9.17, 15) is 4.79 Å². The first kappa shape index (κ1) is 19.2. The van der Waals surface area contributed by atoms with Crippen molar-refractivity contribution in [2.75, 3.05) is 19.6 Å². The summed E-state index contributed by atoms with van der Waals surface area (Å²) in [7, 11) is 0. The lowest BCUT2D eigenvalue weighted by Gasteiger charge is -2.16. The molecule has 1 aromatic heterocycles. The minimum Gasteiger partial charge on any atom is -0.357 e. The van der Waals surface area contributed by atoms with Crippen LogP contribution in [0.5, 0.6) is 0 Å². The minimum atomic E-state index is 0.0657. The molecule has 3 rings (SSSR count). The zero-order chi connectivity index (χ0) is 19.0. The predicted molar refractivity (Wildman–Crippen MR) is 111 cm³/mol. The highest BCUT2D eigenvalue weighted by Gasteiger charge is 2.43. The van der Waals surface area contributed by atoms with Crippen molar-refractivity contribution >= 4 is 5.96 Å². The van der Waals surface area contributed by atoms with Crippen LogP contribution in [0, 0.1) is 0 Å². The van der Waals surface area contributed by atoms with Crippen LogP contribution in [-0.4, -0.2) is 30.2 Å². The summed E-state index contributed by atoms with van der Waals surface area (Å²) in [6.45, 7) is 5.37. The third-order valence-corrected chi connectivity index (χ3v) is 5.14. The normalized spacial score (nSPS) is 15.4. The summed E-state index contributed by atoms with van der Waals surface area (Å²) in [5.74, 6) is 0.886. The van der Waals surface area contributed by atoms with Crippen LogP contribution in [0.3, 0.4) is 0 Å². The SMILES string of the molecule is CCNC(=NCC1(c2ccccc2)CC1)NCCCCn1ccccc1=O. The van der Waals surface area contributed by atoms with Crippen LogP contribution in [-0.2, 0) is 12.0 Å². The van der Waals surface area contributed by atoms with Gasteiger partial charge in [-0.15, -0.1) is 0 Å². The average Bonchev–Trinajstić information content (AvgIpc) is 3.49. The van der Waals surface area contributed by atoms with Crippen LogP contribution in [0.4, 0.5) is 0 Å². The second-order valence-electron chi connectivity index (χ2n) is 7.21. The van der Waals surface area contributed by atoms with Gasteiger partial charge < -0.3 is 15.2 Å². The first-order valence-corrected chi connectivity index (χ1v) is 9.97. The molecule has 1 aliphatic rings. The van der Waals surface area contributed by atoms with Crippen molar-refractivity contribution in [1.82, 2.24) is 15.2 Å². The Morgan fingerprint density at radius 1 is 1.07 bits per heavy atom. The number of aryl methyl sites for hydroxylation is 1. The quantitative estimate of drug-likeness (QED) is 0.408. The van der Waals surface area contributed by atoms with Crippen molar-refractivity contribution in [3.8, 4) is 0 Å². The lowest BCUT2D eigenvalue weighted by atomic mass is 9.96. The number of hydrogen-bond donors (Lipinski definition) is 2. The molecule has 0 atom stereocenters. The van der Waals surface area contributed by atoms with Gasteiger partial charge in [0.15, 0.2) is 5.96 Å². The van der Waals surface area contributed by atoms with Gasteiger partial charge >= 0.3 is 0 Å². The molecule has 0 unspecified atom stereocenters. The molecule has 2 aromatic rings. The molecule has 1 saturated carbocycles. The largest absolute Gasteiger partial charge is 0.357 e. The van der Waals surface area contributed by atoms with Crippen molar-refractivity contribution < 1.29 is 0 Å². The highest BCUT2D eigenvalue weighted by molar-refractivity contribution is 5.79. The van der Waals surface area contributed by atoms with Crippen LogP contribution in [0.2, 0.25) is 0 Å². The first-order chi connectivity index (χ1) is 13.2. The molecule has 2 N–H and O–H groups in total. The van der Waals surface area contributed by atoms with Crippen molar-refractivity contribution in [3.05, 3.63) is 70.6 Å². The Kier molecular flexibility index (Phi) is 6.69. The second-order valence-corrected chi connectivity index (χ2v) is 7.21. The fourth-order valence-electron chi connectivity index (χ4n) is 3.31. The van der Waals surface area contributed by atoms with Crippen molar-refractivity contribution in [3.63, 3.8) is 0 Å². The topological polar surface area (TPSA) is 58.4 Å². The molecule has 0 saturated heterocycles. The fraction of sp³-hybridized carbons (Fsp3) is 0.455. The molecule has 0 bridgehead atoms. The van der Waals surface area contributed by atoms with Gasteiger partial charge in [0.1, 0.15) is 0 Å². The molecular formula is C22H30N4O. The molecule has 0 amide bonds. The molecule has 1 fully saturated rings. The highest BCUT2D eigenvalue weighted by Crippen LogP contribution is 2.48. The zero-order valence-corrected chi connectivity index (χ0v) is 16.2. The average molecular weight is 367 g/mol. The number of pyridine rings is 1. The van der Waals surface area contributed by atoms with Gasteiger partial charge in [-0.1, -0.05) is 36.4 Å². The molecule has 5 heteroatoms. The summed E-state index contributed by atoms with van der Waals surface area (Å²) < 4.78 is 1.76. The number of hydrogen-bond acceptors (Lipinski definition) is 2. The Bertz CT molecular complexity index is 793. The number of benzene rings is 1. The predicted octanol–water partition coefficient (Wildman–Crippen LogP) is 2.92. The van der Waals surface area contributed by atoms with Gasteiger partial charge in [-0.25, -0.2) is 0 Å². The maximum Gasteiger partial charge on any atom is 0.250 e. The van der Waals surface area contributed by atoms with E-state index in [4.69, 9.17) is 4.99 Å². The number of aliphatic imine (C=N–C) groups is 1. The van der Waals surface area contributed by atoms with Crippen LogP contribution in [0.1, 0.15) is 38.2 Å². The standard InChI is InChI=1S/C22H30N4O/c1-2-23-21(24-15-7-9-17-26-16-8-6-12-20(26)27)25-18-22(13-14-22)19-10-4-3-5-11-19/h3-6,8,10-12,16H,2,7,9,13-15,17-18H2,1H3,(H2,23,24,25). The number of unbranched alkanes of at least 4 members (excludes halogenated alkanes) is 1. The Hall–Kier alpha value is -2.56. The summed E-state index contributed by atoms with van der Waals surface area (Å²) in [5.41, 5.74) is 1.70. The van der Waals surface area contributed by atoms with Crippen LogP contribution in [0.25, 0.3) is 0 Å². The van der Waals surface area contributed by atoms with Gasteiger partial charge in [-0.3, -0.25) is 9.79 Å². The molecule has 0 aliphatic heterocycles. The Balaban J connectivity index is 1.46. The Labute approximate surface area is 161 Å². The van der Waals surface area contributed by atoms with Crippen LogP contribution >= 0.6 is 0 Å². The van der Waals surface area contributed by atoms with E-state index in [1.165, 1.54) is 18.4 Å². The molecule has 0 radical (unpaired) electrons. The fourth-order valence-corrected chi connectivity index (χ4v) is 3.31. The van der Waals surface area contributed by atoms with Crippen LogP contribution in [0.15, 0.2) is 64.5 Å². The van der Waals surface area contributed by atoms with Gasteiger partial charge in [-0.2, -0.15) is 0 Å². The lowest BCUT2D eigenvalue weighted by Crippen LogP contribution is -2.38. The molecule has 5 nitrogen and oxygen atoms in total. The second kappa shape index (κ2) is 9.40. The number of rotatable bonds is 9. The third-order valence-electron chi connectivity index (χ3n) is 5.14. The van der Waals surface area contributed by atoms with Gasteiger partial charge in [0, 0.05) is 37.3 Å². The smallest absolute Gasteiger partial charge is 0.250 e. The Morgan fingerprint density at radius 2 is 1.85 bits per heavy atom. The van der Waals surface area contributed by atoms with E-state index in [-0.39, 0.29) is 11.0 Å². The molecular weight excluding hydrogens is 336 g/mol. The van der Waals surface area contributed by atoms with E-state index in [0.29, 0.717) is 0 Å². The van der Waals surface area contributed by atoms with E-state index in [1.807, 2.05) is 12.3 Å². The van der Waals surface area contributed by atoms with E-state index in [2.05, 4.69) is 47.9 Å². The summed E-state index contributed by atoms with van der Waals surface area (Å²) in [6, 6.07) is 16.0. The van der Waals surface area contributed by atoms with Crippen LogP contribution < -0.4 is 16.2 Å². The molecule has 144 valence electrons. The number of nitrogens with zero attached hydrogens (tertiary/aromatic N) is 2. The van der Waals surface area contributed by atoms with Gasteiger partial charge in [0.2, 0.25) is 5.56 Å². The summed E-state index contributed by atoms with van der Waals surface area (Å²) in [4.78, 5) is 16.5. The molecule has 1 aliphatic carbocycles. The number of guanidine groups is 1. The van der Waals surface area contributed by atoms with Crippen molar-refractivity contribution in [2.24, 2.45) is 4.99 Å². The zero-order valence-electron chi connectivity index (χ0n) is 16.2. The molecule has 1 heterocycles. The number of aromatic nitrogens is 1. The summed E-state index contributed by atoms with van der Waals surface area (Å²) in [6.07, 6.45) is 6.23. The van der Waals surface area contributed by atoms with E-state index in [0.717, 1.165) is 45.0 Å². The number of nitrogens with one attached hydrogen (secondary N) is 2. The van der Waals surface area contributed by atoms with E-state index < -0.39 is 0 Å². The molecule has 0 spiro atoms. The van der Waals surface area contributed by atoms with Crippen molar-refractivity contribution in [1.29, 1.82) is 0 Å². The van der Waals surface area contributed by atoms with Crippen molar-refractivity contribution in [2.45, 2.75) is 44.6 Å². The monoisotopic (exact) mass is 366 g/mol. The molecule has 27 heavy (non-hydrogen) atoms. The summed E-state index contributed by atoms with van der Waals surface area (Å²) in [5, 5.41) is 6.76. The summed E-state index contributed by atoms with van der Waals surface area (Å²) >= 11 is 0. The maximum atomic E-state index is 11.7. The molecule has 1 aromatic carbocycles. The van der Waals surface area contributed by atoms with Gasteiger partial charge in [-0.05, 0) is 44.2 Å². The van der Waals surface area contributed by atoms with E-state index >= 15 is 0 Å². The highest BCUT2D eigenvalue weighted by atomic mass is 16.1. The third kappa shape index (κ3) is 5.46. The van der Waals surface area contributed by atoms with Gasteiger partial charge in [0.25, 0.3) is 0 Å².